The van der Waals surface area contributed by atoms with Gasteiger partial charge in [0.1, 0.15) is 24.2 Å². The SMILES string of the molecule is CNC(CCNC(=O)C(CC(C)C)NC(=O)C(CCN)NC(=O)C(CCN)NC(=O)C1CC1C(C)C)C(=O)NC(CCN)C(=O)[NH2+]C(CC(C)C)C(N)=O. The molecule has 8 unspecified atom stereocenters. The minimum absolute atomic E-state index is 0.00388. The third kappa shape index (κ3) is 17.2. The molecule has 1 aliphatic carbocycles. The van der Waals surface area contributed by atoms with Crippen LogP contribution in [0.4, 0.5) is 0 Å². The molecule has 0 aromatic carbocycles. The number of quaternary nitrogens is 1. The molecule has 0 aromatic rings. The van der Waals surface area contributed by atoms with E-state index >= 15 is 0 Å². The number of hydrogen-bond acceptors (Lipinski definition) is 11. The highest BCUT2D eigenvalue weighted by molar-refractivity contribution is 5.95. The molecule has 1 aliphatic rings. The van der Waals surface area contributed by atoms with Crippen LogP contribution in [0.3, 0.4) is 0 Å². The van der Waals surface area contributed by atoms with E-state index in [2.05, 4.69) is 31.9 Å². The van der Waals surface area contributed by atoms with Gasteiger partial charge in [0, 0.05) is 18.9 Å². The molecule has 7 amide bonds. The van der Waals surface area contributed by atoms with Crippen molar-refractivity contribution < 1.29 is 38.9 Å². The zero-order chi connectivity index (χ0) is 41.1. The van der Waals surface area contributed by atoms with E-state index < -0.39 is 71.7 Å². The summed E-state index contributed by atoms with van der Waals surface area (Å²) in [6.45, 7) is 12.0. The van der Waals surface area contributed by atoms with Crippen molar-refractivity contribution in [1.29, 1.82) is 0 Å². The topological polar surface area (TPSA) is 312 Å². The van der Waals surface area contributed by atoms with Crippen molar-refractivity contribution >= 4 is 41.4 Å². The first-order valence-corrected chi connectivity index (χ1v) is 19.3. The molecule has 18 heteroatoms. The maximum Gasteiger partial charge on any atom is 0.333 e. The van der Waals surface area contributed by atoms with E-state index in [0.717, 1.165) is 6.42 Å². The molecule has 0 spiro atoms. The van der Waals surface area contributed by atoms with Crippen molar-refractivity contribution in [1.82, 2.24) is 31.9 Å². The summed E-state index contributed by atoms with van der Waals surface area (Å²) in [5.74, 6) is -2.91. The molecule has 1 saturated carbocycles. The van der Waals surface area contributed by atoms with Gasteiger partial charge in [-0.15, -0.1) is 0 Å². The smallest absolute Gasteiger partial charge is 0.333 e. The van der Waals surface area contributed by atoms with Gasteiger partial charge in [0.25, 0.3) is 5.91 Å². The Morgan fingerprint density at radius 1 is 0.630 bits per heavy atom. The zero-order valence-electron chi connectivity index (χ0n) is 33.4. The van der Waals surface area contributed by atoms with Crippen LogP contribution in [0.25, 0.3) is 0 Å². The van der Waals surface area contributed by atoms with Gasteiger partial charge in [-0.2, -0.15) is 0 Å². The predicted molar refractivity (Wildman–Crippen MR) is 204 cm³/mol. The lowest BCUT2D eigenvalue weighted by atomic mass is 10.0. The summed E-state index contributed by atoms with van der Waals surface area (Å²) < 4.78 is 0. The van der Waals surface area contributed by atoms with E-state index in [1.54, 1.807) is 7.05 Å². The van der Waals surface area contributed by atoms with Crippen LogP contribution in [-0.4, -0.2) is 111 Å². The van der Waals surface area contributed by atoms with Gasteiger partial charge < -0.3 is 54.8 Å². The molecule has 0 aliphatic heterocycles. The van der Waals surface area contributed by atoms with Crippen molar-refractivity contribution in [3.63, 3.8) is 0 Å². The summed E-state index contributed by atoms with van der Waals surface area (Å²) in [5.41, 5.74) is 22.7. The van der Waals surface area contributed by atoms with Gasteiger partial charge in [0.15, 0.2) is 6.04 Å². The van der Waals surface area contributed by atoms with E-state index in [-0.39, 0.29) is 87.9 Å². The second-order valence-corrected chi connectivity index (χ2v) is 15.5. The van der Waals surface area contributed by atoms with Crippen molar-refractivity contribution in [3.8, 4) is 0 Å². The molecule has 18 nitrogen and oxygen atoms in total. The van der Waals surface area contributed by atoms with Gasteiger partial charge in [0.2, 0.25) is 29.5 Å². The normalized spacial score (nSPS) is 18.5. The lowest BCUT2D eigenvalue weighted by Gasteiger charge is -2.26. The van der Waals surface area contributed by atoms with E-state index in [4.69, 9.17) is 22.9 Å². The second kappa shape index (κ2) is 24.6. The van der Waals surface area contributed by atoms with Crippen LogP contribution in [0.15, 0.2) is 0 Å². The van der Waals surface area contributed by atoms with E-state index in [1.807, 2.05) is 41.5 Å². The summed E-state index contributed by atoms with van der Waals surface area (Å²) in [4.78, 5) is 91.1. The Morgan fingerprint density at radius 3 is 1.57 bits per heavy atom. The molecule has 0 heterocycles. The molecule has 8 atom stereocenters. The van der Waals surface area contributed by atoms with Crippen molar-refractivity contribution in [2.24, 2.45) is 52.5 Å². The molecule has 310 valence electrons. The largest absolute Gasteiger partial charge is 0.364 e. The first kappa shape index (κ1) is 48.3. The van der Waals surface area contributed by atoms with Crippen LogP contribution in [0.5, 0.6) is 0 Å². The number of likely N-dealkylation sites (N-methyl/N-ethyl adjacent to an activating group) is 1. The molecule has 0 radical (unpaired) electrons. The summed E-state index contributed by atoms with van der Waals surface area (Å²) in [6.07, 6.45) is 1.97. The minimum Gasteiger partial charge on any atom is -0.364 e. The third-order valence-corrected chi connectivity index (χ3v) is 9.52. The number of primary amides is 2. The maximum absolute atomic E-state index is 13.5. The minimum atomic E-state index is -1.08. The molecule has 1 fully saturated rings. The first-order chi connectivity index (χ1) is 25.4. The zero-order valence-corrected chi connectivity index (χ0v) is 33.4. The summed E-state index contributed by atoms with van der Waals surface area (Å²) in [5, 5.41) is 17.8. The standard InChI is InChI=1S/C36H69N11O7/c1-19(2)16-28(30(40)48)46-35(53)26(9-13-38)44-33(51)24(41-7)11-15-42-32(50)29(17-20(3)4)47-36(54)27(10-14-39)45-34(52)25(8-12-37)43-31(49)23-18-22(23)21(5)6/h19-29,41H,8-18,37-39H2,1-7H3,(H2,40,48)(H,42,50)(H,43,49)(H,44,51)(H,45,52)(H,46,53)(H,47,54)/p+1. The Labute approximate surface area is 320 Å². The Morgan fingerprint density at radius 2 is 1.11 bits per heavy atom. The average molecular weight is 769 g/mol. The maximum atomic E-state index is 13.5. The first-order valence-electron chi connectivity index (χ1n) is 19.3. The number of rotatable bonds is 27. The molecular formula is C36H70N11O7+. The van der Waals surface area contributed by atoms with Crippen LogP contribution in [0, 0.1) is 29.6 Å². The number of nitrogens with one attached hydrogen (secondary N) is 6. The lowest BCUT2D eigenvalue weighted by molar-refractivity contribution is -0.595. The molecule has 0 saturated heterocycles. The van der Waals surface area contributed by atoms with Gasteiger partial charge in [0.05, 0.1) is 6.04 Å². The fourth-order valence-electron chi connectivity index (χ4n) is 6.33. The highest BCUT2D eigenvalue weighted by Crippen LogP contribution is 2.44. The van der Waals surface area contributed by atoms with Crippen LogP contribution in [0.1, 0.15) is 86.5 Å². The van der Waals surface area contributed by atoms with E-state index in [9.17, 15) is 33.6 Å². The lowest BCUT2D eigenvalue weighted by Crippen LogP contribution is -2.98. The molecular weight excluding hydrogens is 698 g/mol. The monoisotopic (exact) mass is 769 g/mol. The van der Waals surface area contributed by atoms with Crippen molar-refractivity contribution in [2.75, 3.05) is 33.2 Å². The Bertz CT molecular complexity index is 1250. The van der Waals surface area contributed by atoms with Gasteiger partial charge in [-0.3, -0.25) is 34.1 Å². The van der Waals surface area contributed by atoms with Crippen molar-refractivity contribution in [2.45, 2.75) is 123 Å². The van der Waals surface area contributed by atoms with Gasteiger partial charge in [-0.25, -0.2) is 4.79 Å². The Hall–Kier alpha value is -3.71. The fraction of sp³-hybridized carbons (Fsp3) is 0.806. The number of amides is 7. The summed E-state index contributed by atoms with van der Waals surface area (Å²) in [6, 6.07) is -5.53. The number of carbonyl (C=O) groups excluding carboxylic acids is 7. The molecule has 1 rings (SSSR count). The van der Waals surface area contributed by atoms with Crippen LogP contribution in [-0.2, 0) is 33.6 Å². The highest BCUT2D eigenvalue weighted by atomic mass is 16.2. The molecule has 16 N–H and O–H groups in total. The molecule has 54 heavy (non-hydrogen) atoms. The predicted octanol–water partition coefficient (Wildman–Crippen LogP) is -3.61. The van der Waals surface area contributed by atoms with E-state index in [1.165, 1.54) is 5.32 Å². The molecule has 0 bridgehead atoms. The number of carbonyl (C=O) groups is 7. The fourth-order valence-corrected chi connectivity index (χ4v) is 6.33. The van der Waals surface area contributed by atoms with Gasteiger partial charge in [-0.05, 0) is 88.9 Å². The van der Waals surface area contributed by atoms with Crippen LogP contribution >= 0.6 is 0 Å². The van der Waals surface area contributed by atoms with Crippen LogP contribution in [0.2, 0.25) is 0 Å². The third-order valence-electron chi connectivity index (χ3n) is 9.52. The average Bonchev–Trinajstić information content (AvgIpc) is 3.90. The summed E-state index contributed by atoms with van der Waals surface area (Å²) in [7, 11) is 1.56. The van der Waals surface area contributed by atoms with Crippen molar-refractivity contribution in [3.05, 3.63) is 0 Å². The van der Waals surface area contributed by atoms with E-state index in [0.29, 0.717) is 12.3 Å². The quantitative estimate of drug-likeness (QED) is 0.0388. The second-order valence-electron chi connectivity index (χ2n) is 15.5. The number of nitrogens with two attached hydrogens (primary N) is 5. The Balaban J connectivity index is 2.90. The molecule has 0 aromatic heterocycles. The summed E-state index contributed by atoms with van der Waals surface area (Å²) >= 11 is 0. The highest BCUT2D eigenvalue weighted by Gasteiger charge is 2.45. The number of hydrogen-bond donors (Lipinski definition) is 11. The van der Waals surface area contributed by atoms with Gasteiger partial charge in [-0.1, -0.05) is 41.5 Å². The Kier molecular flexibility index (Phi) is 22.0. The van der Waals surface area contributed by atoms with Gasteiger partial charge >= 0.3 is 5.91 Å². The van der Waals surface area contributed by atoms with Crippen LogP contribution < -0.4 is 60.2 Å².